The van der Waals surface area contributed by atoms with Gasteiger partial charge in [0.05, 0.1) is 17.4 Å². The number of anilines is 2. The first-order valence-corrected chi connectivity index (χ1v) is 9.33. The van der Waals surface area contributed by atoms with Crippen LogP contribution in [0.25, 0.3) is 0 Å². The summed E-state index contributed by atoms with van der Waals surface area (Å²) < 4.78 is 0. The van der Waals surface area contributed by atoms with Crippen LogP contribution in [0.4, 0.5) is 11.5 Å². The molecule has 4 rings (SSSR count). The Morgan fingerprint density at radius 1 is 0.929 bits per heavy atom. The standard InChI is InChI=1S/C21H22N6O/c28-21(25-14-17-4-7-22-8-5-17)18-13-19(16-23-15-18)26-9-11-27(12-10-26)20-3-1-2-6-24-20/h1-8,13,15-16H,9-12,14H2,(H,25,28). The predicted octanol–water partition coefficient (Wildman–Crippen LogP) is 2.13. The quantitative estimate of drug-likeness (QED) is 0.737. The molecule has 0 spiro atoms. The summed E-state index contributed by atoms with van der Waals surface area (Å²) in [5.74, 6) is 0.878. The average molecular weight is 374 g/mol. The Labute approximate surface area is 164 Å². The van der Waals surface area contributed by atoms with E-state index in [0.717, 1.165) is 43.2 Å². The fraction of sp³-hybridized carbons (Fsp3) is 0.238. The third-order valence-corrected chi connectivity index (χ3v) is 4.81. The fourth-order valence-electron chi connectivity index (χ4n) is 3.24. The van der Waals surface area contributed by atoms with Gasteiger partial charge in [0.1, 0.15) is 5.82 Å². The summed E-state index contributed by atoms with van der Waals surface area (Å²) in [4.78, 5) is 29.7. The number of carbonyl (C=O) groups excluding carboxylic acids is 1. The van der Waals surface area contributed by atoms with E-state index < -0.39 is 0 Å². The molecule has 1 aliphatic rings. The second-order valence-electron chi connectivity index (χ2n) is 6.63. The molecule has 0 radical (unpaired) electrons. The Hall–Kier alpha value is -3.48. The zero-order valence-corrected chi connectivity index (χ0v) is 15.5. The van der Waals surface area contributed by atoms with E-state index in [0.29, 0.717) is 12.1 Å². The molecule has 1 N–H and O–H groups in total. The zero-order valence-electron chi connectivity index (χ0n) is 15.5. The molecule has 142 valence electrons. The molecule has 3 aromatic rings. The second kappa shape index (κ2) is 8.47. The molecule has 1 amide bonds. The number of hydrogen-bond donors (Lipinski definition) is 1. The summed E-state index contributed by atoms with van der Waals surface area (Å²) in [6, 6.07) is 11.6. The van der Waals surface area contributed by atoms with Crippen molar-refractivity contribution in [1.29, 1.82) is 0 Å². The van der Waals surface area contributed by atoms with Gasteiger partial charge in [-0.25, -0.2) is 4.98 Å². The summed E-state index contributed by atoms with van der Waals surface area (Å²) in [5, 5.41) is 2.93. The highest BCUT2D eigenvalue weighted by Crippen LogP contribution is 2.19. The lowest BCUT2D eigenvalue weighted by Crippen LogP contribution is -2.46. The molecule has 0 atom stereocenters. The molecule has 0 aromatic carbocycles. The van der Waals surface area contributed by atoms with Crippen LogP contribution in [0.1, 0.15) is 15.9 Å². The third-order valence-electron chi connectivity index (χ3n) is 4.81. The largest absolute Gasteiger partial charge is 0.367 e. The first kappa shape index (κ1) is 17.9. The number of hydrogen-bond acceptors (Lipinski definition) is 6. The van der Waals surface area contributed by atoms with Gasteiger partial charge in [0, 0.05) is 57.5 Å². The highest BCUT2D eigenvalue weighted by atomic mass is 16.1. The van der Waals surface area contributed by atoms with Gasteiger partial charge in [-0.15, -0.1) is 0 Å². The highest BCUT2D eigenvalue weighted by Gasteiger charge is 2.19. The minimum absolute atomic E-state index is 0.127. The molecular formula is C21H22N6O. The van der Waals surface area contributed by atoms with Crippen molar-refractivity contribution < 1.29 is 4.79 Å². The Morgan fingerprint density at radius 2 is 1.71 bits per heavy atom. The maximum atomic E-state index is 12.5. The van der Waals surface area contributed by atoms with Gasteiger partial charge in [0.25, 0.3) is 5.91 Å². The van der Waals surface area contributed by atoms with Crippen LogP contribution in [0.2, 0.25) is 0 Å². The molecule has 7 heteroatoms. The molecular weight excluding hydrogens is 352 g/mol. The molecule has 28 heavy (non-hydrogen) atoms. The van der Waals surface area contributed by atoms with Gasteiger partial charge in [0.15, 0.2) is 0 Å². The smallest absolute Gasteiger partial charge is 0.253 e. The topological polar surface area (TPSA) is 74.2 Å². The van der Waals surface area contributed by atoms with Crippen molar-refractivity contribution in [2.75, 3.05) is 36.0 Å². The van der Waals surface area contributed by atoms with Crippen LogP contribution >= 0.6 is 0 Å². The first-order valence-electron chi connectivity index (χ1n) is 9.33. The van der Waals surface area contributed by atoms with Crippen LogP contribution in [0.15, 0.2) is 67.4 Å². The number of rotatable bonds is 5. The average Bonchev–Trinajstić information content (AvgIpc) is 2.79. The Kier molecular flexibility index (Phi) is 5.42. The van der Waals surface area contributed by atoms with Gasteiger partial charge < -0.3 is 15.1 Å². The molecule has 1 fully saturated rings. The molecule has 7 nitrogen and oxygen atoms in total. The van der Waals surface area contributed by atoms with E-state index in [4.69, 9.17) is 0 Å². The normalized spacial score (nSPS) is 14.0. The Bertz CT molecular complexity index is 910. The van der Waals surface area contributed by atoms with Crippen molar-refractivity contribution in [3.05, 3.63) is 78.5 Å². The minimum Gasteiger partial charge on any atom is -0.367 e. The highest BCUT2D eigenvalue weighted by molar-refractivity contribution is 5.94. The van der Waals surface area contributed by atoms with Crippen LogP contribution in [0.5, 0.6) is 0 Å². The number of piperazine rings is 1. The summed E-state index contributed by atoms with van der Waals surface area (Å²) in [6.07, 6.45) is 8.67. The van der Waals surface area contributed by atoms with Gasteiger partial charge in [0.2, 0.25) is 0 Å². The first-order chi connectivity index (χ1) is 13.8. The van der Waals surface area contributed by atoms with E-state index >= 15 is 0 Å². The lowest BCUT2D eigenvalue weighted by molar-refractivity contribution is 0.0950. The van der Waals surface area contributed by atoms with Gasteiger partial charge in [-0.2, -0.15) is 0 Å². The van der Waals surface area contributed by atoms with E-state index in [1.807, 2.05) is 48.8 Å². The molecule has 0 bridgehead atoms. The monoisotopic (exact) mass is 374 g/mol. The van der Waals surface area contributed by atoms with E-state index in [-0.39, 0.29) is 5.91 Å². The van der Waals surface area contributed by atoms with Crippen molar-refractivity contribution in [1.82, 2.24) is 20.3 Å². The van der Waals surface area contributed by atoms with E-state index in [2.05, 4.69) is 30.1 Å². The lowest BCUT2D eigenvalue weighted by atomic mass is 10.2. The van der Waals surface area contributed by atoms with Crippen molar-refractivity contribution >= 4 is 17.4 Å². The Morgan fingerprint density at radius 3 is 2.46 bits per heavy atom. The number of pyridine rings is 3. The van der Waals surface area contributed by atoms with Crippen LogP contribution in [-0.4, -0.2) is 47.0 Å². The zero-order chi connectivity index (χ0) is 19.2. The van der Waals surface area contributed by atoms with E-state index in [9.17, 15) is 4.79 Å². The number of nitrogens with zero attached hydrogens (tertiary/aromatic N) is 5. The maximum Gasteiger partial charge on any atom is 0.253 e. The van der Waals surface area contributed by atoms with Gasteiger partial charge in [-0.1, -0.05) is 6.07 Å². The minimum atomic E-state index is -0.127. The number of carbonyl (C=O) groups is 1. The van der Waals surface area contributed by atoms with Gasteiger partial charge in [-0.05, 0) is 35.9 Å². The molecule has 3 aromatic heterocycles. The van der Waals surface area contributed by atoms with Gasteiger partial charge >= 0.3 is 0 Å². The van der Waals surface area contributed by atoms with Crippen molar-refractivity contribution in [2.45, 2.75) is 6.54 Å². The van der Waals surface area contributed by atoms with E-state index in [1.165, 1.54) is 0 Å². The fourth-order valence-corrected chi connectivity index (χ4v) is 3.24. The lowest BCUT2D eigenvalue weighted by Gasteiger charge is -2.36. The number of aromatic nitrogens is 3. The SMILES string of the molecule is O=C(NCc1ccncc1)c1cncc(N2CCN(c3ccccn3)CC2)c1. The number of amides is 1. The summed E-state index contributed by atoms with van der Waals surface area (Å²) in [5.41, 5.74) is 2.55. The van der Waals surface area contributed by atoms with Crippen molar-refractivity contribution in [3.8, 4) is 0 Å². The number of nitrogens with one attached hydrogen (secondary N) is 1. The molecule has 0 aliphatic carbocycles. The summed E-state index contributed by atoms with van der Waals surface area (Å²) in [7, 11) is 0. The molecule has 4 heterocycles. The predicted molar refractivity (Wildman–Crippen MR) is 108 cm³/mol. The summed E-state index contributed by atoms with van der Waals surface area (Å²) >= 11 is 0. The molecule has 1 aliphatic heterocycles. The van der Waals surface area contributed by atoms with E-state index in [1.54, 1.807) is 18.6 Å². The van der Waals surface area contributed by atoms with Crippen LogP contribution in [0, 0.1) is 0 Å². The van der Waals surface area contributed by atoms with Crippen LogP contribution in [-0.2, 0) is 6.54 Å². The molecule has 0 saturated carbocycles. The van der Waals surface area contributed by atoms with Crippen molar-refractivity contribution in [2.24, 2.45) is 0 Å². The van der Waals surface area contributed by atoms with Crippen LogP contribution in [0.3, 0.4) is 0 Å². The van der Waals surface area contributed by atoms with Gasteiger partial charge in [-0.3, -0.25) is 14.8 Å². The third kappa shape index (κ3) is 4.25. The molecule has 1 saturated heterocycles. The van der Waals surface area contributed by atoms with Crippen molar-refractivity contribution in [3.63, 3.8) is 0 Å². The molecule has 0 unspecified atom stereocenters. The second-order valence-corrected chi connectivity index (χ2v) is 6.63. The van der Waals surface area contributed by atoms with Crippen LogP contribution < -0.4 is 15.1 Å². The summed E-state index contributed by atoms with van der Waals surface area (Å²) in [6.45, 7) is 3.96. The maximum absolute atomic E-state index is 12.5. The Balaban J connectivity index is 1.37.